The molecule has 1 aliphatic rings. The van der Waals surface area contributed by atoms with Crippen LogP contribution in [-0.4, -0.2) is 24.0 Å². The van der Waals surface area contributed by atoms with Crippen molar-refractivity contribution in [1.82, 2.24) is 5.32 Å². The topological polar surface area (TPSA) is 46.2 Å². The van der Waals surface area contributed by atoms with Crippen LogP contribution >= 0.6 is 11.8 Å². The molecular weight excluding hydrogens is 150 g/mol. The highest BCUT2D eigenvalue weighted by Crippen LogP contribution is 2.22. The van der Waals surface area contributed by atoms with Crippen LogP contribution in [0.3, 0.4) is 0 Å². The predicted octanol–water partition coefficient (Wildman–Crippen LogP) is -0.0694. The molecule has 1 aliphatic heterocycles. The summed E-state index contributed by atoms with van der Waals surface area (Å²) < 4.78 is 0. The van der Waals surface area contributed by atoms with E-state index in [-0.39, 0.29) is 0 Å². The summed E-state index contributed by atoms with van der Waals surface area (Å²) >= 11 is 1.46. The molecule has 0 aliphatic carbocycles. The lowest BCUT2D eigenvalue weighted by molar-refractivity contribution is -0.130. The maximum Gasteiger partial charge on any atom is 0.217 e. The van der Waals surface area contributed by atoms with Crippen molar-refractivity contribution < 1.29 is 9.59 Å². The largest absolute Gasteiger partial charge is 0.295 e. The van der Waals surface area contributed by atoms with E-state index in [9.17, 15) is 9.59 Å². The van der Waals surface area contributed by atoms with Gasteiger partial charge in [-0.1, -0.05) is 6.58 Å². The van der Waals surface area contributed by atoms with Crippen LogP contribution in [0.1, 0.15) is 0 Å². The monoisotopic (exact) mass is 157 g/mol. The molecule has 0 aromatic heterocycles. The maximum atomic E-state index is 10.7. The zero-order valence-corrected chi connectivity index (χ0v) is 6.11. The van der Waals surface area contributed by atoms with E-state index in [0.717, 1.165) is 4.91 Å². The third kappa shape index (κ3) is 1.27. The molecule has 1 saturated heterocycles. The number of Topliss-reactive ketones (excluding diaryl/α,β-unsaturated/α-hetero) is 1. The molecule has 1 N–H and O–H groups in total. The molecule has 0 bridgehead atoms. The van der Waals surface area contributed by atoms with Gasteiger partial charge in [-0.3, -0.25) is 14.9 Å². The molecule has 1 heterocycles. The first-order valence-corrected chi connectivity index (χ1v) is 3.78. The van der Waals surface area contributed by atoms with Gasteiger partial charge in [-0.25, -0.2) is 0 Å². The molecule has 10 heavy (non-hydrogen) atoms. The van der Waals surface area contributed by atoms with E-state index in [1.54, 1.807) is 0 Å². The van der Waals surface area contributed by atoms with E-state index in [1.165, 1.54) is 11.8 Å². The van der Waals surface area contributed by atoms with Crippen LogP contribution in [0, 0.1) is 0 Å². The summed E-state index contributed by atoms with van der Waals surface area (Å²) in [5.41, 5.74) is 0. The van der Waals surface area contributed by atoms with Gasteiger partial charge in [0.1, 0.15) is 6.04 Å². The van der Waals surface area contributed by atoms with E-state index >= 15 is 0 Å². The zero-order chi connectivity index (χ0) is 7.56. The third-order valence-corrected chi connectivity index (χ3v) is 2.19. The van der Waals surface area contributed by atoms with Crippen molar-refractivity contribution in [3.05, 3.63) is 11.5 Å². The molecule has 0 aromatic carbocycles. The first-order chi connectivity index (χ1) is 4.75. The molecular formula is C6H7NO2S. The molecule has 0 saturated carbocycles. The van der Waals surface area contributed by atoms with E-state index < -0.39 is 11.8 Å². The number of rotatable bonds is 2. The van der Waals surface area contributed by atoms with Crippen molar-refractivity contribution >= 4 is 23.8 Å². The van der Waals surface area contributed by atoms with Crippen LogP contribution in [-0.2, 0) is 9.59 Å². The molecule has 1 atom stereocenters. The second-order valence-corrected chi connectivity index (χ2v) is 3.01. The lowest BCUT2D eigenvalue weighted by atomic mass is 10.2. The minimum absolute atomic E-state index is 0.328. The Kier molecular flexibility index (Phi) is 2.24. The fraction of sp³-hybridized carbons (Fsp3) is 0.333. The molecule has 1 unspecified atom stereocenters. The van der Waals surface area contributed by atoms with E-state index in [0.29, 0.717) is 12.2 Å². The van der Waals surface area contributed by atoms with Gasteiger partial charge in [0.05, 0.1) is 0 Å². The smallest absolute Gasteiger partial charge is 0.217 e. The van der Waals surface area contributed by atoms with Crippen molar-refractivity contribution in [2.75, 3.05) is 5.88 Å². The Morgan fingerprint density at radius 3 is 3.00 bits per heavy atom. The molecule has 4 heteroatoms. The third-order valence-electron chi connectivity index (χ3n) is 1.27. The number of carbonyl (C=O) groups excluding carboxylic acids is 2. The van der Waals surface area contributed by atoms with Gasteiger partial charge in [0, 0.05) is 10.8 Å². The Hall–Kier alpha value is -0.610. The molecule has 3 nitrogen and oxygen atoms in total. The molecule has 0 aromatic rings. The summed E-state index contributed by atoms with van der Waals surface area (Å²) in [5, 5.41) is 2.84. The first kappa shape index (κ1) is 7.50. The van der Waals surface area contributed by atoms with Gasteiger partial charge in [0.15, 0.2) is 6.29 Å². The lowest BCUT2D eigenvalue weighted by Gasteiger charge is -2.02. The van der Waals surface area contributed by atoms with Crippen molar-refractivity contribution in [2.45, 2.75) is 6.04 Å². The fourth-order valence-electron chi connectivity index (χ4n) is 0.742. The Balaban J connectivity index is 2.63. The van der Waals surface area contributed by atoms with Crippen LogP contribution in [0.15, 0.2) is 11.5 Å². The fourth-order valence-corrected chi connectivity index (χ4v) is 1.54. The van der Waals surface area contributed by atoms with Gasteiger partial charge in [-0.2, -0.15) is 0 Å². The van der Waals surface area contributed by atoms with Crippen molar-refractivity contribution in [3.63, 3.8) is 0 Å². The average molecular weight is 157 g/mol. The summed E-state index contributed by atoms with van der Waals surface area (Å²) in [6, 6.07) is -0.442. The molecule has 1 fully saturated rings. The Bertz CT molecular complexity index is 190. The number of hydrogen-bond donors (Lipinski definition) is 1. The van der Waals surface area contributed by atoms with Gasteiger partial charge in [0.2, 0.25) is 5.78 Å². The highest BCUT2D eigenvalue weighted by Gasteiger charge is 2.25. The number of ketones is 1. The van der Waals surface area contributed by atoms with Crippen LogP contribution in [0.2, 0.25) is 0 Å². The summed E-state index contributed by atoms with van der Waals surface area (Å²) in [4.78, 5) is 21.5. The van der Waals surface area contributed by atoms with Gasteiger partial charge < -0.3 is 0 Å². The van der Waals surface area contributed by atoms with Crippen LogP contribution in [0.5, 0.6) is 0 Å². The lowest BCUT2D eigenvalue weighted by Crippen LogP contribution is -2.32. The normalized spacial score (nSPS) is 24.8. The average Bonchev–Trinajstić information content (AvgIpc) is 2.34. The van der Waals surface area contributed by atoms with Gasteiger partial charge in [-0.05, 0) is 0 Å². The van der Waals surface area contributed by atoms with Crippen molar-refractivity contribution in [3.8, 4) is 0 Å². The number of carbonyl (C=O) groups is 2. The van der Waals surface area contributed by atoms with E-state index in [2.05, 4.69) is 11.9 Å². The Morgan fingerprint density at radius 2 is 2.60 bits per heavy atom. The quantitative estimate of drug-likeness (QED) is 0.450. The maximum absolute atomic E-state index is 10.7. The number of thioether (sulfide) groups is 1. The second-order valence-electron chi connectivity index (χ2n) is 1.91. The number of aldehydes is 1. The van der Waals surface area contributed by atoms with Crippen LogP contribution in [0.4, 0.5) is 0 Å². The Morgan fingerprint density at radius 1 is 1.90 bits per heavy atom. The number of nitrogens with one attached hydrogen (secondary N) is 1. The van der Waals surface area contributed by atoms with Crippen molar-refractivity contribution in [1.29, 1.82) is 0 Å². The van der Waals surface area contributed by atoms with Crippen LogP contribution < -0.4 is 5.32 Å². The summed E-state index contributed by atoms with van der Waals surface area (Å²) in [5.74, 6) is 0.235. The van der Waals surface area contributed by atoms with E-state index in [1.807, 2.05) is 0 Å². The summed E-state index contributed by atoms with van der Waals surface area (Å²) in [6.07, 6.45) is 0.328. The first-order valence-electron chi connectivity index (χ1n) is 2.79. The predicted molar refractivity (Wildman–Crippen MR) is 39.6 cm³/mol. The molecule has 0 amide bonds. The van der Waals surface area contributed by atoms with Gasteiger partial charge in [0.25, 0.3) is 0 Å². The van der Waals surface area contributed by atoms with Crippen molar-refractivity contribution in [2.24, 2.45) is 0 Å². The standard InChI is InChI=1S/C6H7NO2S/c1-4-6(5(9)2-8)7-3-10-4/h2,6-7H,1,3H2. The van der Waals surface area contributed by atoms with E-state index in [4.69, 9.17) is 0 Å². The molecule has 1 rings (SSSR count). The van der Waals surface area contributed by atoms with Gasteiger partial charge in [-0.15, -0.1) is 11.8 Å². The Labute approximate surface area is 62.9 Å². The molecule has 54 valence electrons. The second kappa shape index (κ2) is 2.98. The highest BCUT2D eigenvalue weighted by atomic mass is 32.2. The minimum Gasteiger partial charge on any atom is -0.295 e. The SMILES string of the molecule is C=C1SCNC1C(=O)C=O. The number of hydrogen-bond acceptors (Lipinski definition) is 4. The summed E-state index contributed by atoms with van der Waals surface area (Å²) in [7, 11) is 0. The zero-order valence-electron chi connectivity index (χ0n) is 5.29. The van der Waals surface area contributed by atoms with Crippen LogP contribution in [0.25, 0.3) is 0 Å². The highest BCUT2D eigenvalue weighted by molar-refractivity contribution is 8.03. The molecule has 0 spiro atoms. The summed E-state index contributed by atoms with van der Waals surface area (Å²) in [6.45, 7) is 3.63. The van der Waals surface area contributed by atoms with Gasteiger partial charge >= 0.3 is 0 Å². The minimum atomic E-state index is -0.442. The molecule has 0 radical (unpaired) electrons.